The van der Waals surface area contributed by atoms with Crippen LogP contribution < -0.4 is 0 Å². The van der Waals surface area contributed by atoms with Gasteiger partial charge in [0.2, 0.25) is 0 Å². The van der Waals surface area contributed by atoms with Gasteiger partial charge >= 0.3 is 0 Å². The summed E-state index contributed by atoms with van der Waals surface area (Å²) in [6, 6.07) is 0. The van der Waals surface area contributed by atoms with Gasteiger partial charge in [0.1, 0.15) is 0 Å². The van der Waals surface area contributed by atoms with Gasteiger partial charge in [-0.2, -0.15) is 0 Å². The fraction of sp³-hybridized carbons (Fsp3) is 0.667. The van der Waals surface area contributed by atoms with Crippen molar-refractivity contribution in [2.24, 2.45) is 11.8 Å². The molecule has 2 atom stereocenters. The van der Waals surface area contributed by atoms with E-state index in [-0.39, 0.29) is 0 Å². The summed E-state index contributed by atoms with van der Waals surface area (Å²) in [7, 11) is 2.23. The SMILES string of the molecule is CC1=CC2CN(C)CCC2C(C)=C1. The van der Waals surface area contributed by atoms with Crippen LogP contribution in [0.1, 0.15) is 20.3 Å². The lowest BCUT2D eigenvalue weighted by atomic mass is 9.76. The summed E-state index contributed by atoms with van der Waals surface area (Å²) in [6.45, 7) is 7.01. The summed E-state index contributed by atoms with van der Waals surface area (Å²) in [4.78, 5) is 2.45. The first kappa shape index (κ1) is 9.01. The first-order valence-corrected chi connectivity index (χ1v) is 5.22. The highest BCUT2D eigenvalue weighted by atomic mass is 15.1. The Labute approximate surface area is 81.1 Å². The summed E-state index contributed by atoms with van der Waals surface area (Å²) >= 11 is 0. The molecule has 0 aromatic carbocycles. The molecule has 1 saturated heterocycles. The highest BCUT2D eigenvalue weighted by Crippen LogP contribution is 2.34. The number of hydrogen-bond donors (Lipinski definition) is 0. The smallest absolute Gasteiger partial charge is 0.00473 e. The van der Waals surface area contributed by atoms with E-state index in [0.717, 1.165) is 11.8 Å². The molecule has 1 aliphatic heterocycles. The Morgan fingerprint density at radius 1 is 1.38 bits per heavy atom. The second-order valence-corrected chi connectivity index (χ2v) is 4.62. The summed E-state index contributed by atoms with van der Waals surface area (Å²) in [5, 5.41) is 0. The van der Waals surface area contributed by atoms with Crippen LogP contribution in [0.2, 0.25) is 0 Å². The minimum Gasteiger partial charge on any atom is -0.306 e. The molecular weight excluding hydrogens is 158 g/mol. The zero-order valence-electron chi connectivity index (χ0n) is 8.88. The molecule has 13 heavy (non-hydrogen) atoms. The molecule has 0 saturated carbocycles. The Kier molecular flexibility index (Phi) is 2.29. The number of fused-ring (bicyclic) bond motifs is 1. The minimum absolute atomic E-state index is 0.781. The van der Waals surface area contributed by atoms with Crippen LogP contribution in [0.3, 0.4) is 0 Å². The standard InChI is InChI=1S/C12H19N/c1-9-6-10(2)12-4-5-13(3)8-11(12)7-9/h6-7,11-12H,4-5,8H2,1-3H3. The van der Waals surface area contributed by atoms with Gasteiger partial charge in [0.25, 0.3) is 0 Å². The normalized spacial score (nSPS) is 35.0. The molecule has 2 aliphatic rings. The van der Waals surface area contributed by atoms with E-state index in [9.17, 15) is 0 Å². The van der Waals surface area contributed by atoms with Crippen LogP contribution in [0.5, 0.6) is 0 Å². The molecule has 1 fully saturated rings. The molecule has 1 aliphatic carbocycles. The van der Waals surface area contributed by atoms with Gasteiger partial charge in [-0.25, -0.2) is 0 Å². The minimum atomic E-state index is 0.781. The molecule has 0 spiro atoms. The van der Waals surface area contributed by atoms with E-state index in [1.807, 2.05) is 0 Å². The van der Waals surface area contributed by atoms with Crippen LogP contribution in [0.4, 0.5) is 0 Å². The van der Waals surface area contributed by atoms with Gasteiger partial charge in [-0.05, 0) is 45.7 Å². The van der Waals surface area contributed by atoms with Crippen molar-refractivity contribution in [2.45, 2.75) is 20.3 Å². The van der Waals surface area contributed by atoms with E-state index in [1.54, 1.807) is 5.57 Å². The van der Waals surface area contributed by atoms with E-state index in [4.69, 9.17) is 0 Å². The molecule has 1 heterocycles. The first-order valence-electron chi connectivity index (χ1n) is 5.22. The third kappa shape index (κ3) is 1.71. The van der Waals surface area contributed by atoms with Gasteiger partial charge in [0.15, 0.2) is 0 Å². The number of likely N-dealkylation sites (tertiary alicyclic amines) is 1. The second kappa shape index (κ2) is 3.30. The van der Waals surface area contributed by atoms with E-state index in [2.05, 4.69) is 37.9 Å². The van der Waals surface area contributed by atoms with Crippen molar-refractivity contribution in [1.82, 2.24) is 4.90 Å². The predicted molar refractivity (Wildman–Crippen MR) is 56.6 cm³/mol. The molecule has 1 heteroatoms. The zero-order chi connectivity index (χ0) is 9.42. The lowest BCUT2D eigenvalue weighted by Gasteiger charge is -2.38. The van der Waals surface area contributed by atoms with Crippen LogP contribution in [0.15, 0.2) is 23.3 Å². The molecule has 0 bridgehead atoms. The largest absolute Gasteiger partial charge is 0.306 e. The fourth-order valence-corrected chi connectivity index (χ4v) is 2.74. The second-order valence-electron chi connectivity index (χ2n) is 4.62. The Balaban J connectivity index is 2.19. The molecule has 0 radical (unpaired) electrons. The average molecular weight is 177 g/mol. The topological polar surface area (TPSA) is 3.24 Å². The zero-order valence-corrected chi connectivity index (χ0v) is 8.88. The van der Waals surface area contributed by atoms with E-state index in [0.29, 0.717) is 0 Å². The van der Waals surface area contributed by atoms with Crippen molar-refractivity contribution in [3.05, 3.63) is 23.3 Å². The van der Waals surface area contributed by atoms with Gasteiger partial charge in [-0.15, -0.1) is 0 Å². The van der Waals surface area contributed by atoms with Crippen molar-refractivity contribution in [2.75, 3.05) is 20.1 Å². The lowest BCUT2D eigenvalue weighted by Crippen LogP contribution is -2.38. The molecule has 0 N–H and O–H groups in total. The monoisotopic (exact) mass is 177 g/mol. The van der Waals surface area contributed by atoms with Crippen molar-refractivity contribution in [1.29, 1.82) is 0 Å². The summed E-state index contributed by atoms with van der Waals surface area (Å²) in [5.41, 5.74) is 3.05. The van der Waals surface area contributed by atoms with Gasteiger partial charge in [0.05, 0.1) is 0 Å². The van der Waals surface area contributed by atoms with Crippen LogP contribution in [0.25, 0.3) is 0 Å². The third-order valence-corrected chi connectivity index (χ3v) is 3.38. The molecule has 0 aromatic rings. The summed E-state index contributed by atoms with van der Waals surface area (Å²) in [5.74, 6) is 1.61. The highest BCUT2D eigenvalue weighted by Gasteiger charge is 2.28. The molecule has 72 valence electrons. The maximum Gasteiger partial charge on any atom is 0.00473 e. The third-order valence-electron chi connectivity index (χ3n) is 3.38. The molecule has 0 amide bonds. The van der Waals surface area contributed by atoms with Crippen molar-refractivity contribution in [3.8, 4) is 0 Å². The fourth-order valence-electron chi connectivity index (χ4n) is 2.74. The van der Waals surface area contributed by atoms with Crippen molar-refractivity contribution < 1.29 is 0 Å². The first-order chi connectivity index (χ1) is 6.16. The number of rotatable bonds is 0. The Bertz CT molecular complexity index is 262. The molecule has 2 rings (SSSR count). The number of allylic oxidation sites excluding steroid dienone is 3. The lowest BCUT2D eigenvalue weighted by molar-refractivity contribution is 0.190. The molecule has 2 unspecified atom stereocenters. The van der Waals surface area contributed by atoms with Gasteiger partial charge in [-0.3, -0.25) is 0 Å². The quantitative estimate of drug-likeness (QED) is 0.549. The number of hydrogen-bond acceptors (Lipinski definition) is 1. The van der Waals surface area contributed by atoms with Crippen molar-refractivity contribution >= 4 is 0 Å². The van der Waals surface area contributed by atoms with Crippen LogP contribution in [-0.4, -0.2) is 25.0 Å². The predicted octanol–water partition coefficient (Wildman–Crippen LogP) is 2.46. The average Bonchev–Trinajstić information content (AvgIpc) is 2.02. The van der Waals surface area contributed by atoms with Crippen LogP contribution >= 0.6 is 0 Å². The molecular formula is C12H19N. The number of piperidine rings is 1. The van der Waals surface area contributed by atoms with E-state index >= 15 is 0 Å². The summed E-state index contributed by atoms with van der Waals surface area (Å²) < 4.78 is 0. The highest BCUT2D eigenvalue weighted by molar-refractivity contribution is 5.29. The van der Waals surface area contributed by atoms with Crippen molar-refractivity contribution in [3.63, 3.8) is 0 Å². The van der Waals surface area contributed by atoms with Crippen LogP contribution in [-0.2, 0) is 0 Å². The Morgan fingerprint density at radius 3 is 2.92 bits per heavy atom. The van der Waals surface area contributed by atoms with Gasteiger partial charge < -0.3 is 4.90 Å². The van der Waals surface area contributed by atoms with Gasteiger partial charge in [-0.1, -0.05) is 23.3 Å². The Hall–Kier alpha value is -0.560. The maximum atomic E-state index is 2.45. The maximum absolute atomic E-state index is 2.45. The molecule has 0 aromatic heterocycles. The Morgan fingerprint density at radius 2 is 2.15 bits per heavy atom. The van der Waals surface area contributed by atoms with Crippen LogP contribution in [0, 0.1) is 11.8 Å². The van der Waals surface area contributed by atoms with Gasteiger partial charge in [0, 0.05) is 6.54 Å². The molecule has 1 nitrogen and oxygen atoms in total. The van der Waals surface area contributed by atoms with E-state index < -0.39 is 0 Å². The number of nitrogens with zero attached hydrogens (tertiary/aromatic N) is 1. The summed E-state index contributed by atoms with van der Waals surface area (Å²) in [6.07, 6.45) is 6.15. The van der Waals surface area contributed by atoms with E-state index in [1.165, 1.54) is 25.1 Å².